The van der Waals surface area contributed by atoms with E-state index in [-0.39, 0.29) is 17.1 Å². The second-order valence-electron chi connectivity index (χ2n) is 5.33. The number of terminal acetylenes is 1. The van der Waals surface area contributed by atoms with Gasteiger partial charge in [0, 0.05) is 37.9 Å². The van der Waals surface area contributed by atoms with Crippen LogP contribution in [0.15, 0.2) is 25.3 Å². The first-order valence-corrected chi connectivity index (χ1v) is 9.91. The van der Waals surface area contributed by atoms with E-state index in [1.54, 1.807) is 19.1 Å². The molecule has 0 spiro atoms. The van der Waals surface area contributed by atoms with Crippen molar-refractivity contribution in [3.63, 3.8) is 0 Å². The van der Waals surface area contributed by atoms with Crippen LogP contribution in [0.3, 0.4) is 0 Å². The summed E-state index contributed by atoms with van der Waals surface area (Å²) in [4.78, 5) is 11.7. The summed E-state index contributed by atoms with van der Waals surface area (Å²) >= 11 is 6.24. The van der Waals surface area contributed by atoms with Gasteiger partial charge in [0.1, 0.15) is 0 Å². The van der Waals surface area contributed by atoms with Crippen LogP contribution in [0.5, 0.6) is 0 Å². The molecule has 0 bridgehead atoms. The molecule has 2 rings (SSSR count). The number of aromatic nitrogens is 1. The Balaban J connectivity index is 0.000000997. The summed E-state index contributed by atoms with van der Waals surface area (Å²) in [5.74, 6) is 1.59. The first kappa shape index (κ1) is 24.9. The van der Waals surface area contributed by atoms with E-state index in [1.165, 1.54) is 11.4 Å². The molecule has 9 heteroatoms. The van der Waals surface area contributed by atoms with E-state index >= 15 is 0 Å². The highest BCUT2D eigenvalue weighted by molar-refractivity contribution is 7.87. The number of hydrogen-bond donors (Lipinski definition) is 2. The predicted molar refractivity (Wildman–Crippen MR) is 111 cm³/mol. The van der Waals surface area contributed by atoms with Gasteiger partial charge in [0.25, 0.3) is 16.1 Å². The van der Waals surface area contributed by atoms with E-state index in [4.69, 9.17) is 17.3 Å². The SMILES string of the molecule is C#CC.C=CC.C=CCc1c(Cl)c(C(N)=O)c2n1CCN(S(=O)(=O)NC)C2. The number of primary amides is 1. The van der Waals surface area contributed by atoms with Gasteiger partial charge in [-0.05, 0) is 13.8 Å². The van der Waals surface area contributed by atoms with Crippen LogP contribution in [0.2, 0.25) is 5.02 Å². The van der Waals surface area contributed by atoms with Crippen LogP contribution in [0.1, 0.15) is 35.6 Å². The fourth-order valence-corrected chi connectivity index (χ4v) is 3.75. The van der Waals surface area contributed by atoms with Crippen molar-refractivity contribution in [3.8, 4) is 12.3 Å². The number of carbonyl (C=O) groups is 1. The Morgan fingerprint density at radius 3 is 2.37 bits per heavy atom. The molecule has 1 aromatic heterocycles. The van der Waals surface area contributed by atoms with Crippen molar-refractivity contribution in [2.24, 2.45) is 5.73 Å². The monoisotopic (exact) mass is 414 g/mol. The number of rotatable bonds is 5. The first-order valence-electron chi connectivity index (χ1n) is 8.10. The van der Waals surface area contributed by atoms with E-state index in [0.717, 1.165) is 5.69 Å². The number of hydrogen-bond acceptors (Lipinski definition) is 3. The molecule has 1 aliphatic heterocycles. The molecule has 0 unspecified atom stereocenters. The number of fused-ring (bicyclic) bond motifs is 1. The molecule has 1 aliphatic rings. The highest BCUT2D eigenvalue weighted by atomic mass is 35.5. The zero-order chi connectivity index (χ0) is 21.2. The smallest absolute Gasteiger partial charge is 0.279 e. The molecule has 0 fully saturated rings. The zero-order valence-electron chi connectivity index (χ0n) is 16.0. The second-order valence-corrected chi connectivity index (χ2v) is 7.58. The molecule has 0 aromatic carbocycles. The maximum absolute atomic E-state index is 11.9. The number of allylic oxidation sites excluding steroid dienone is 2. The van der Waals surface area contributed by atoms with Gasteiger partial charge in [-0.3, -0.25) is 4.79 Å². The molecule has 3 N–H and O–H groups in total. The highest BCUT2D eigenvalue weighted by Crippen LogP contribution is 2.32. The summed E-state index contributed by atoms with van der Waals surface area (Å²) in [5.41, 5.74) is 6.83. The average molecular weight is 415 g/mol. The third-order valence-corrected chi connectivity index (χ3v) is 5.41. The minimum Gasteiger partial charge on any atom is -0.365 e. The lowest BCUT2D eigenvalue weighted by molar-refractivity contribution is 0.0998. The molecule has 27 heavy (non-hydrogen) atoms. The van der Waals surface area contributed by atoms with Crippen LogP contribution in [-0.4, -0.2) is 36.8 Å². The van der Waals surface area contributed by atoms with Gasteiger partial charge in [-0.15, -0.1) is 25.5 Å². The predicted octanol–water partition coefficient (Wildman–Crippen LogP) is 2.08. The summed E-state index contributed by atoms with van der Waals surface area (Å²) in [6, 6.07) is 0. The Hall–Kier alpha value is -2.05. The maximum atomic E-state index is 11.9. The van der Waals surface area contributed by atoms with Gasteiger partial charge in [0.15, 0.2) is 0 Å². The summed E-state index contributed by atoms with van der Waals surface area (Å²) in [6.07, 6.45) is 8.51. The molecule has 1 amide bonds. The number of nitrogens with two attached hydrogens (primary N) is 1. The largest absolute Gasteiger partial charge is 0.365 e. The van der Waals surface area contributed by atoms with Crippen LogP contribution >= 0.6 is 11.6 Å². The van der Waals surface area contributed by atoms with E-state index < -0.39 is 16.1 Å². The number of nitrogens with one attached hydrogen (secondary N) is 1. The fraction of sp³-hybridized carbons (Fsp3) is 0.389. The molecule has 2 heterocycles. The van der Waals surface area contributed by atoms with Crippen LogP contribution < -0.4 is 10.5 Å². The van der Waals surface area contributed by atoms with Crippen molar-refractivity contribution in [1.82, 2.24) is 13.6 Å². The molecule has 0 atom stereocenters. The molecule has 150 valence electrons. The molecule has 0 saturated carbocycles. The van der Waals surface area contributed by atoms with Crippen molar-refractivity contribution in [2.75, 3.05) is 13.6 Å². The first-order chi connectivity index (χ1) is 12.7. The lowest BCUT2D eigenvalue weighted by Crippen LogP contribution is -2.44. The minimum absolute atomic E-state index is 0.0539. The van der Waals surface area contributed by atoms with Gasteiger partial charge in [0.2, 0.25) is 0 Å². The summed E-state index contributed by atoms with van der Waals surface area (Å²) in [5, 5.41) is 0.279. The maximum Gasteiger partial charge on any atom is 0.279 e. The van der Waals surface area contributed by atoms with Gasteiger partial charge >= 0.3 is 0 Å². The molecular formula is C18H27ClN4O3S. The summed E-state index contributed by atoms with van der Waals surface area (Å²) < 4.78 is 29.2. The number of carbonyl (C=O) groups excluding carboxylic acids is 1. The lowest BCUT2D eigenvalue weighted by atomic mass is 10.2. The standard InChI is InChI=1S/C12H17ClN4O3S.C3H6.C3H4/c1-3-4-8-11(13)10(12(14)18)9-7-16(5-6-17(8)9)21(19,20)15-2;2*1-3-2/h3,15H,1,4-7H2,2H3,(H2,14,18);3H,1H2,2H3;1H,2H3. The van der Waals surface area contributed by atoms with Crippen molar-refractivity contribution >= 4 is 27.7 Å². The number of amides is 1. The van der Waals surface area contributed by atoms with Gasteiger partial charge < -0.3 is 10.3 Å². The van der Waals surface area contributed by atoms with Gasteiger partial charge in [0.05, 0.1) is 17.1 Å². The van der Waals surface area contributed by atoms with Crippen LogP contribution in [-0.2, 0) is 29.7 Å². The molecule has 0 aliphatic carbocycles. The molecule has 1 aromatic rings. The highest BCUT2D eigenvalue weighted by Gasteiger charge is 2.32. The molecule has 7 nitrogen and oxygen atoms in total. The fourth-order valence-electron chi connectivity index (χ4n) is 2.50. The zero-order valence-corrected chi connectivity index (χ0v) is 17.5. The van der Waals surface area contributed by atoms with Crippen molar-refractivity contribution in [1.29, 1.82) is 0 Å². The van der Waals surface area contributed by atoms with Crippen molar-refractivity contribution < 1.29 is 13.2 Å². The van der Waals surface area contributed by atoms with Crippen molar-refractivity contribution in [2.45, 2.75) is 33.4 Å². The van der Waals surface area contributed by atoms with E-state index in [0.29, 0.717) is 25.2 Å². The third-order valence-electron chi connectivity index (χ3n) is 3.49. The average Bonchev–Trinajstić information content (AvgIpc) is 2.88. The van der Waals surface area contributed by atoms with E-state index in [9.17, 15) is 13.2 Å². The third kappa shape index (κ3) is 6.26. The van der Waals surface area contributed by atoms with Gasteiger partial charge in [-0.1, -0.05) is 23.8 Å². The Bertz CT molecular complexity index is 823. The Kier molecular flexibility index (Phi) is 10.7. The van der Waals surface area contributed by atoms with Gasteiger partial charge in [-0.2, -0.15) is 12.7 Å². The molecule has 0 saturated heterocycles. The normalized spacial score (nSPS) is 13.0. The Labute approximate surface area is 167 Å². The molecular weight excluding hydrogens is 388 g/mol. The quantitative estimate of drug-likeness (QED) is 0.570. The summed E-state index contributed by atoms with van der Waals surface area (Å²) in [6.45, 7) is 11.3. The van der Waals surface area contributed by atoms with Crippen LogP contribution in [0.25, 0.3) is 0 Å². The minimum atomic E-state index is -3.57. The lowest BCUT2D eigenvalue weighted by Gasteiger charge is -2.28. The van der Waals surface area contributed by atoms with E-state index in [2.05, 4.69) is 30.2 Å². The van der Waals surface area contributed by atoms with Crippen molar-refractivity contribution in [3.05, 3.63) is 47.3 Å². The Morgan fingerprint density at radius 1 is 1.44 bits per heavy atom. The topological polar surface area (TPSA) is 97.4 Å². The number of nitrogens with zero attached hydrogens (tertiary/aromatic N) is 2. The summed E-state index contributed by atoms with van der Waals surface area (Å²) in [7, 11) is -2.23. The van der Waals surface area contributed by atoms with Crippen LogP contribution in [0.4, 0.5) is 0 Å². The van der Waals surface area contributed by atoms with Gasteiger partial charge in [-0.25, -0.2) is 4.72 Å². The van der Waals surface area contributed by atoms with Crippen LogP contribution in [0, 0.1) is 12.3 Å². The molecule has 0 radical (unpaired) electrons. The van der Waals surface area contributed by atoms with E-state index in [1.807, 2.05) is 11.5 Å². The number of halogens is 1. The second kappa shape index (κ2) is 11.6. The Morgan fingerprint density at radius 2 is 1.96 bits per heavy atom.